The van der Waals surface area contributed by atoms with Gasteiger partial charge in [-0.3, -0.25) is 4.79 Å². The van der Waals surface area contributed by atoms with Crippen LogP contribution in [0.4, 0.5) is 5.69 Å². The number of amides is 1. The van der Waals surface area contributed by atoms with E-state index in [0.29, 0.717) is 17.1 Å². The molecule has 0 aliphatic heterocycles. The van der Waals surface area contributed by atoms with E-state index in [-0.39, 0.29) is 12.5 Å². The second kappa shape index (κ2) is 7.22. The third-order valence-corrected chi connectivity index (χ3v) is 4.13. The Hall–Kier alpha value is -3.07. The topological polar surface area (TPSA) is 99.0 Å². The van der Waals surface area contributed by atoms with Crippen molar-refractivity contribution in [1.29, 1.82) is 0 Å². The number of hydrogen-bond acceptors (Lipinski definition) is 7. The number of ether oxygens (including phenoxy) is 1. The standard InChI is InChI=1S/C16H15N5O3S/c1-10-3-4-11(16(23)24-2)7-13(10)17-14(22)8-21-19-15(18-20-21)12-5-6-25-9-12/h3-7,9H,8H2,1-2H3,(H,17,22). The summed E-state index contributed by atoms with van der Waals surface area (Å²) >= 11 is 1.53. The van der Waals surface area contributed by atoms with Crippen LogP contribution in [0.25, 0.3) is 11.4 Å². The normalized spacial score (nSPS) is 10.5. The van der Waals surface area contributed by atoms with Gasteiger partial charge in [-0.25, -0.2) is 4.79 Å². The molecule has 0 unspecified atom stereocenters. The van der Waals surface area contributed by atoms with E-state index in [2.05, 4.69) is 25.5 Å². The second-order valence-electron chi connectivity index (χ2n) is 5.22. The van der Waals surface area contributed by atoms with Crippen molar-refractivity contribution in [3.05, 3.63) is 46.2 Å². The van der Waals surface area contributed by atoms with Crippen LogP contribution in [-0.4, -0.2) is 39.2 Å². The molecule has 2 heterocycles. The van der Waals surface area contributed by atoms with E-state index in [1.54, 1.807) is 18.2 Å². The number of rotatable bonds is 5. The average molecular weight is 357 g/mol. The van der Waals surface area contributed by atoms with E-state index in [9.17, 15) is 9.59 Å². The number of esters is 1. The van der Waals surface area contributed by atoms with Crippen LogP contribution in [0.15, 0.2) is 35.0 Å². The summed E-state index contributed by atoms with van der Waals surface area (Å²) in [5.74, 6) is -0.314. The summed E-state index contributed by atoms with van der Waals surface area (Å²) < 4.78 is 4.69. The van der Waals surface area contributed by atoms with Gasteiger partial charge in [-0.1, -0.05) is 6.07 Å². The maximum Gasteiger partial charge on any atom is 0.337 e. The summed E-state index contributed by atoms with van der Waals surface area (Å²) in [6.07, 6.45) is 0. The summed E-state index contributed by atoms with van der Waals surface area (Å²) in [5, 5.41) is 18.6. The van der Waals surface area contributed by atoms with Crippen molar-refractivity contribution in [3.63, 3.8) is 0 Å². The van der Waals surface area contributed by atoms with Crippen molar-refractivity contribution < 1.29 is 14.3 Å². The molecular weight excluding hydrogens is 342 g/mol. The van der Waals surface area contributed by atoms with Gasteiger partial charge >= 0.3 is 5.97 Å². The molecule has 0 aliphatic rings. The first-order valence-electron chi connectivity index (χ1n) is 7.36. The van der Waals surface area contributed by atoms with Gasteiger partial charge in [-0.05, 0) is 41.3 Å². The summed E-state index contributed by atoms with van der Waals surface area (Å²) in [6.45, 7) is 1.75. The van der Waals surface area contributed by atoms with Crippen LogP contribution >= 0.6 is 11.3 Å². The molecule has 1 N–H and O–H groups in total. The first-order valence-corrected chi connectivity index (χ1v) is 8.30. The molecule has 3 aromatic rings. The molecule has 0 fully saturated rings. The fourth-order valence-electron chi connectivity index (χ4n) is 2.14. The minimum atomic E-state index is -0.464. The van der Waals surface area contributed by atoms with Gasteiger partial charge in [0.1, 0.15) is 6.54 Å². The lowest BCUT2D eigenvalue weighted by Crippen LogP contribution is -2.21. The summed E-state index contributed by atoms with van der Waals surface area (Å²) in [6, 6.07) is 6.84. The smallest absolute Gasteiger partial charge is 0.337 e. The number of aryl methyl sites for hydroxylation is 1. The number of anilines is 1. The summed E-state index contributed by atoms with van der Waals surface area (Å²) in [5.41, 5.74) is 2.58. The van der Waals surface area contributed by atoms with Crippen molar-refractivity contribution in [2.24, 2.45) is 0 Å². The molecule has 1 aromatic carbocycles. The Balaban J connectivity index is 1.70. The molecule has 9 heteroatoms. The van der Waals surface area contributed by atoms with Gasteiger partial charge in [0.15, 0.2) is 0 Å². The first kappa shape index (κ1) is 16.8. The Kier molecular flexibility index (Phi) is 4.85. The second-order valence-corrected chi connectivity index (χ2v) is 6.00. The van der Waals surface area contributed by atoms with Crippen molar-refractivity contribution >= 4 is 28.9 Å². The highest BCUT2D eigenvalue weighted by molar-refractivity contribution is 7.08. The largest absolute Gasteiger partial charge is 0.465 e. The lowest BCUT2D eigenvalue weighted by atomic mass is 10.1. The highest BCUT2D eigenvalue weighted by Crippen LogP contribution is 2.18. The first-order chi connectivity index (χ1) is 12.1. The molecule has 0 saturated carbocycles. The highest BCUT2D eigenvalue weighted by Gasteiger charge is 2.13. The maximum atomic E-state index is 12.2. The maximum absolute atomic E-state index is 12.2. The van der Waals surface area contributed by atoms with Gasteiger partial charge in [0.2, 0.25) is 11.7 Å². The molecule has 0 saturated heterocycles. The fourth-order valence-corrected chi connectivity index (χ4v) is 2.77. The molecule has 8 nitrogen and oxygen atoms in total. The molecule has 0 radical (unpaired) electrons. The van der Waals surface area contributed by atoms with E-state index in [1.807, 2.05) is 23.8 Å². The van der Waals surface area contributed by atoms with Gasteiger partial charge in [-0.2, -0.15) is 16.1 Å². The average Bonchev–Trinajstić information content (AvgIpc) is 3.27. The third kappa shape index (κ3) is 3.89. The van der Waals surface area contributed by atoms with Crippen molar-refractivity contribution in [2.75, 3.05) is 12.4 Å². The number of aromatic nitrogens is 4. The van der Waals surface area contributed by atoms with Crippen molar-refractivity contribution in [3.8, 4) is 11.4 Å². The lowest BCUT2D eigenvalue weighted by Gasteiger charge is -2.09. The summed E-state index contributed by atoms with van der Waals surface area (Å²) in [4.78, 5) is 25.1. The molecule has 3 rings (SSSR count). The Morgan fingerprint density at radius 1 is 1.32 bits per heavy atom. The van der Waals surface area contributed by atoms with Crippen LogP contribution < -0.4 is 5.32 Å². The van der Waals surface area contributed by atoms with Crippen LogP contribution in [0.1, 0.15) is 15.9 Å². The number of nitrogens with one attached hydrogen (secondary N) is 1. The monoisotopic (exact) mass is 357 g/mol. The Labute approximate surface area is 147 Å². The van der Waals surface area contributed by atoms with Crippen LogP contribution in [0, 0.1) is 6.92 Å². The van der Waals surface area contributed by atoms with Crippen molar-refractivity contribution in [2.45, 2.75) is 13.5 Å². The summed E-state index contributed by atoms with van der Waals surface area (Å²) in [7, 11) is 1.31. The number of carbonyl (C=O) groups excluding carboxylic acids is 2. The molecule has 2 aromatic heterocycles. The number of benzene rings is 1. The predicted molar refractivity (Wildman–Crippen MR) is 92.3 cm³/mol. The predicted octanol–water partition coefficient (Wildman–Crippen LogP) is 2.14. The SMILES string of the molecule is COC(=O)c1ccc(C)c(NC(=O)Cn2nnc(-c3ccsc3)n2)c1. The van der Waals surface area contributed by atoms with Gasteiger partial charge in [0.25, 0.3) is 0 Å². The molecule has 0 spiro atoms. The molecule has 1 amide bonds. The number of tetrazole rings is 1. The molecule has 0 aliphatic carbocycles. The lowest BCUT2D eigenvalue weighted by molar-refractivity contribution is -0.117. The van der Waals surface area contributed by atoms with Gasteiger partial charge < -0.3 is 10.1 Å². The molecule has 25 heavy (non-hydrogen) atoms. The number of thiophene rings is 1. The van der Waals surface area contributed by atoms with Crippen molar-refractivity contribution in [1.82, 2.24) is 20.2 Å². The van der Waals surface area contributed by atoms with E-state index >= 15 is 0 Å². The zero-order valence-electron chi connectivity index (χ0n) is 13.6. The number of carbonyl (C=O) groups is 2. The fraction of sp³-hybridized carbons (Fsp3) is 0.188. The Morgan fingerprint density at radius 2 is 2.16 bits per heavy atom. The zero-order valence-corrected chi connectivity index (χ0v) is 14.4. The van der Waals surface area contributed by atoms with Gasteiger partial charge in [-0.15, -0.1) is 10.2 Å². The van der Waals surface area contributed by atoms with E-state index in [1.165, 1.54) is 23.2 Å². The third-order valence-electron chi connectivity index (χ3n) is 3.45. The highest BCUT2D eigenvalue weighted by atomic mass is 32.1. The number of hydrogen-bond donors (Lipinski definition) is 1. The molecule has 0 atom stereocenters. The molecule has 128 valence electrons. The van der Waals surface area contributed by atoms with Gasteiger partial charge in [0.05, 0.1) is 12.7 Å². The van der Waals surface area contributed by atoms with E-state index in [4.69, 9.17) is 0 Å². The quantitative estimate of drug-likeness (QED) is 0.702. The Morgan fingerprint density at radius 3 is 2.88 bits per heavy atom. The molecule has 0 bridgehead atoms. The van der Waals surface area contributed by atoms with E-state index < -0.39 is 5.97 Å². The van der Waals surface area contributed by atoms with Crippen LogP contribution in [-0.2, 0) is 16.1 Å². The number of methoxy groups -OCH3 is 1. The van der Waals surface area contributed by atoms with Crippen LogP contribution in [0.5, 0.6) is 0 Å². The Bertz CT molecular complexity index is 904. The minimum absolute atomic E-state index is 0.0843. The number of nitrogens with zero attached hydrogens (tertiary/aromatic N) is 4. The van der Waals surface area contributed by atoms with Gasteiger partial charge in [0, 0.05) is 16.6 Å². The van der Waals surface area contributed by atoms with Crippen LogP contribution in [0.3, 0.4) is 0 Å². The zero-order chi connectivity index (χ0) is 17.8. The van der Waals surface area contributed by atoms with Crippen LogP contribution in [0.2, 0.25) is 0 Å². The molecular formula is C16H15N5O3S. The minimum Gasteiger partial charge on any atom is -0.465 e. The van der Waals surface area contributed by atoms with E-state index in [0.717, 1.165) is 11.1 Å².